The molecule has 0 saturated carbocycles. The van der Waals surface area contributed by atoms with Gasteiger partial charge in [-0.1, -0.05) is 54.1 Å². The van der Waals surface area contributed by atoms with Gasteiger partial charge >= 0.3 is 0 Å². The molecule has 0 spiro atoms. The number of hydrogen-bond acceptors (Lipinski definition) is 2. The predicted octanol–water partition coefficient (Wildman–Crippen LogP) is 4.95. The van der Waals surface area contributed by atoms with Crippen LogP contribution in [0.25, 0.3) is 11.8 Å². The Morgan fingerprint density at radius 1 is 1.00 bits per heavy atom. The highest BCUT2D eigenvalue weighted by atomic mass is 16.7. The highest BCUT2D eigenvalue weighted by Crippen LogP contribution is 2.36. The van der Waals surface area contributed by atoms with Crippen molar-refractivity contribution in [3.63, 3.8) is 0 Å². The maximum absolute atomic E-state index is 6.09. The largest absolute Gasteiger partial charge is 0.460 e. The lowest BCUT2D eigenvalue weighted by atomic mass is 10.0. The minimum absolute atomic E-state index is 0.112. The van der Waals surface area contributed by atoms with Crippen molar-refractivity contribution in [2.75, 3.05) is 0 Å². The van der Waals surface area contributed by atoms with E-state index in [4.69, 9.17) is 9.47 Å². The first-order valence-corrected chi connectivity index (χ1v) is 7.33. The average molecular weight is 280 g/mol. The van der Waals surface area contributed by atoms with Crippen molar-refractivity contribution in [1.29, 1.82) is 0 Å². The third-order valence-corrected chi connectivity index (χ3v) is 3.50. The van der Waals surface area contributed by atoms with Gasteiger partial charge < -0.3 is 9.47 Å². The van der Waals surface area contributed by atoms with E-state index in [1.54, 1.807) is 0 Å². The number of fused-ring (bicyclic) bond motifs is 1. The van der Waals surface area contributed by atoms with E-state index in [2.05, 4.69) is 49.4 Å². The third-order valence-electron chi connectivity index (χ3n) is 3.50. The van der Waals surface area contributed by atoms with Gasteiger partial charge in [-0.25, -0.2) is 0 Å². The van der Waals surface area contributed by atoms with Crippen molar-refractivity contribution in [2.45, 2.75) is 33.2 Å². The third kappa shape index (κ3) is 3.01. The molecule has 2 heteroatoms. The fraction of sp³-hybridized carbons (Fsp3) is 0.263. The van der Waals surface area contributed by atoms with Crippen LogP contribution in [0.5, 0.6) is 0 Å². The Kier molecular flexibility index (Phi) is 3.80. The molecule has 0 amide bonds. The van der Waals surface area contributed by atoms with E-state index in [1.165, 1.54) is 5.56 Å². The summed E-state index contributed by atoms with van der Waals surface area (Å²) >= 11 is 0. The van der Waals surface area contributed by atoms with Crippen molar-refractivity contribution in [2.24, 2.45) is 0 Å². The second-order valence-electron chi connectivity index (χ2n) is 5.64. The minimum Gasteiger partial charge on any atom is -0.460 e. The van der Waals surface area contributed by atoms with Crippen LogP contribution in [0.15, 0.2) is 48.5 Å². The Morgan fingerprint density at radius 2 is 1.71 bits per heavy atom. The van der Waals surface area contributed by atoms with Gasteiger partial charge in [0.25, 0.3) is 0 Å². The maximum atomic E-state index is 6.09. The zero-order chi connectivity index (χ0) is 14.8. The molecule has 0 N–H and O–H groups in total. The zero-order valence-corrected chi connectivity index (χ0v) is 12.7. The molecule has 0 bridgehead atoms. The van der Waals surface area contributed by atoms with Crippen LogP contribution < -0.4 is 0 Å². The molecule has 2 aromatic rings. The van der Waals surface area contributed by atoms with Crippen LogP contribution in [0.4, 0.5) is 0 Å². The summed E-state index contributed by atoms with van der Waals surface area (Å²) in [5, 5.41) is 0. The first-order chi connectivity index (χ1) is 10.1. The topological polar surface area (TPSA) is 18.5 Å². The summed E-state index contributed by atoms with van der Waals surface area (Å²) in [6.07, 6.45) is 1.85. The molecule has 0 aliphatic carbocycles. The monoisotopic (exact) mass is 280 g/mol. The molecular weight excluding hydrogens is 260 g/mol. The molecule has 1 heterocycles. The highest BCUT2D eigenvalue weighted by molar-refractivity contribution is 5.80. The minimum atomic E-state index is -0.345. The maximum Gasteiger partial charge on any atom is 0.227 e. The number of ether oxygens (including phenoxy) is 2. The van der Waals surface area contributed by atoms with Crippen molar-refractivity contribution >= 4 is 11.8 Å². The van der Waals surface area contributed by atoms with E-state index in [0.717, 1.165) is 22.4 Å². The van der Waals surface area contributed by atoms with Crippen LogP contribution in [0.2, 0.25) is 0 Å². The Bertz CT molecular complexity index is 654. The highest BCUT2D eigenvalue weighted by Gasteiger charge is 2.24. The van der Waals surface area contributed by atoms with Crippen molar-refractivity contribution in [3.8, 4) is 0 Å². The standard InChI is InChI=1S/C19H20O2/c1-13(2)20-19-17-7-5-4-6-16(17)12-18(21-19)15-10-8-14(3)9-11-15/h4-13,19H,1-3H3. The summed E-state index contributed by atoms with van der Waals surface area (Å²) in [6, 6.07) is 16.6. The van der Waals surface area contributed by atoms with Gasteiger partial charge in [0, 0.05) is 11.1 Å². The van der Waals surface area contributed by atoms with Gasteiger partial charge in [0.2, 0.25) is 6.29 Å². The lowest BCUT2D eigenvalue weighted by Crippen LogP contribution is -2.17. The summed E-state index contributed by atoms with van der Waals surface area (Å²) < 4.78 is 12.0. The van der Waals surface area contributed by atoms with Gasteiger partial charge in [-0.3, -0.25) is 0 Å². The summed E-state index contributed by atoms with van der Waals surface area (Å²) in [6.45, 7) is 6.13. The molecule has 1 atom stereocenters. The van der Waals surface area contributed by atoms with Gasteiger partial charge in [-0.2, -0.15) is 0 Å². The molecule has 0 saturated heterocycles. The molecule has 0 fully saturated rings. The molecule has 1 aliphatic rings. The number of rotatable bonds is 3. The van der Waals surface area contributed by atoms with E-state index >= 15 is 0 Å². The predicted molar refractivity (Wildman–Crippen MR) is 85.5 cm³/mol. The van der Waals surface area contributed by atoms with Gasteiger partial charge in [0.1, 0.15) is 5.76 Å². The quantitative estimate of drug-likeness (QED) is 0.792. The molecule has 0 radical (unpaired) electrons. The lowest BCUT2D eigenvalue weighted by molar-refractivity contribution is -0.127. The Morgan fingerprint density at radius 3 is 2.43 bits per heavy atom. The SMILES string of the molecule is Cc1ccc(C2=Cc3ccccc3C(OC(C)C)O2)cc1. The number of aryl methyl sites for hydroxylation is 1. The van der Waals surface area contributed by atoms with Crippen LogP contribution in [0.3, 0.4) is 0 Å². The van der Waals surface area contributed by atoms with Gasteiger partial charge in [-0.15, -0.1) is 0 Å². The Balaban J connectivity index is 2.00. The molecule has 1 aliphatic heterocycles. The van der Waals surface area contributed by atoms with Crippen molar-refractivity contribution in [3.05, 3.63) is 70.8 Å². The summed E-state index contributed by atoms with van der Waals surface area (Å²) in [7, 11) is 0. The van der Waals surface area contributed by atoms with E-state index in [9.17, 15) is 0 Å². The number of hydrogen-bond donors (Lipinski definition) is 0. The van der Waals surface area contributed by atoms with E-state index in [-0.39, 0.29) is 12.4 Å². The van der Waals surface area contributed by atoms with Crippen LogP contribution in [-0.4, -0.2) is 6.10 Å². The van der Waals surface area contributed by atoms with Crippen LogP contribution >= 0.6 is 0 Å². The first kappa shape index (κ1) is 13.9. The fourth-order valence-corrected chi connectivity index (χ4v) is 2.43. The molecular formula is C19H20O2. The molecule has 21 heavy (non-hydrogen) atoms. The van der Waals surface area contributed by atoms with Crippen LogP contribution in [0.1, 0.15) is 42.4 Å². The van der Waals surface area contributed by atoms with E-state index in [0.29, 0.717) is 0 Å². The number of benzene rings is 2. The summed E-state index contributed by atoms with van der Waals surface area (Å²) in [5.41, 5.74) is 4.56. The first-order valence-electron chi connectivity index (χ1n) is 7.33. The molecule has 0 aromatic heterocycles. The Hall–Kier alpha value is -2.06. The van der Waals surface area contributed by atoms with Crippen LogP contribution in [0, 0.1) is 6.92 Å². The van der Waals surface area contributed by atoms with Crippen molar-refractivity contribution < 1.29 is 9.47 Å². The molecule has 3 rings (SSSR count). The summed E-state index contributed by atoms with van der Waals surface area (Å²) in [5.74, 6) is 0.861. The lowest BCUT2D eigenvalue weighted by Gasteiger charge is -2.28. The zero-order valence-electron chi connectivity index (χ0n) is 12.7. The van der Waals surface area contributed by atoms with Gasteiger partial charge in [0.15, 0.2) is 0 Å². The Labute approximate surface area is 126 Å². The normalized spacial score (nSPS) is 17.1. The van der Waals surface area contributed by atoms with Crippen LogP contribution in [-0.2, 0) is 9.47 Å². The summed E-state index contributed by atoms with van der Waals surface area (Å²) in [4.78, 5) is 0. The molecule has 108 valence electrons. The molecule has 2 nitrogen and oxygen atoms in total. The average Bonchev–Trinajstić information content (AvgIpc) is 2.47. The molecule has 1 unspecified atom stereocenters. The smallest absolute Gasteiger partial charge is 0.227 e. The molecule has 2 aromatic carbocycles. The second-order valence-corrected chi connectivity index (χ2v) is 5.64. The van der Waals surface area contributed by atoms with Gasteiger partial charge in [-0.05, 0) is 32.4 Å². The fourth-order valence-electron chi connectivity index (χ4n) is 2.43. The van der Waals surface area contributed by atoms with Gasteiger partial charge in [0.05, 0.1) is 6.10 Å². The van der Waals surface area contributed by atoms with E-state index < -0.39 is 0 Å². The van der Waals surface area contributed by atoms with E-state index in [1.807, 2.05) is 26.0 Å². The second kappa shape index (κ2) is 5.74. The van der Waals surface area contributed by atoms with Crippen molar-refractivity contribution in [1.82, 2.24) is 0 Å².